The molecule has 0 bridgehead atoms. The van der Waals surface area contributed by atoms with E-state index in [-0.39, 0.29) is 12.5 Å². The first kappa shape index (κ1) is 19.0. The fraction of sp³-hybridized carbons (Fsp3) is 0.647. The average Bonchev–Trinajstić information content (AvgIpc) is 2.95. The average molecular weight is 349 g/mol. The highest BCUT2D eigenvalue weighted by molar-refractivity contribution is 5.79. The number of hydrogen-bond donors (Lipinski definition) is 2. The zero-order chi connectivity index (χ0) is 18.1. The first-order valence-electron chi connectivity index (χ1n) is 8.94. The van der Waals surface area contributed by atoms with Crippen molar-refractivity contribution >= 4 is 23.1 Å². The Morgan fingerprint density at radius 3 is 2.52 bits per heavy atom. The number of carbonyl (C=O) groups is 1. The number of carboxylic acids is 1. The van der Waals surface area contributed by atoms with E-state index in [0.29, 0.717) is 23.7 Å². The summed E-state index contributed by atoms with van der Waals surface area (Å²) in [6.07, 6.45) is 11.2. The zero-order valence-electron chi connectivity index (χ0n) is 14.8. The lowest BCUT2D eigenvalue weighted by molar-refractivity contribution is -0.137. The molecule has 0 fully saturated rings. The SMILES string of the molecule is CCCCCCCCCCOc1nc(N)nc2c1ncn2CC(=O)O. The molecule has 0 atom stereocenters. The molecule has 0 spiro atoms. The van der Waals surface area contributed by atoms with Crippen molar-refractivity contribution in [1.82, 2.24) is 19.5 Å². The Labute approximate surface area is 147 Å². The van der Waals surface area contributed by atoms with Crippen LogP contribution in [-0.2, 0) is 11.3 Å². The summed E-state index contributed by atoms with van der Waals surface area (Å²) in [6.45, 7) is 2.52. The molecule has 0 aliphatic rings. The summed E-state index contributed by atoms with van der Waals surface area (Å²) in [7, 11) is 0. The van der Waals surface area contributed by atoms with Gasteiger partial charge in [-0.3, -0.25) is 4.79 Å². The van der Waals surface area contributed by atoms with Crippen molar-refractivity contribution in [3.05, 3.63) is 6.33 Å². The molecule has 8 nitrogen and oxygen atoms in total. The Morgan fingerprint density at radius 1 is 1.16 bits per heavy atom. The lowest BCUT2D eigenvalue weighted by Crippen LogP contribution is -2.09. The van der Waals surface area contributed by atoms with Gasteiger partial charge in [0.25, 0.3) is 0 Å². The minimum Gasteiger partial charge on any atom is -0.480 e. The predicted molar refractivity (Wildman–Crippen MR) is 95.5 cm³/mol. The van der Waals surface area contributed by atoms with E-state index >= 15 is 0 Å². The van der Waals surface area contributed by atoms with E-state index in [2.05, 4.69) is 21.9 Å². The molecule has 0 aromatic carbocycles. The third kappa shape index (κ3) is 5.88. The van der Waals surface area contributed by atoms with Crippen LogP contribution in [0.5, 0.6) is 5.88 Å². The van der Waals surface area contributed by atoms with Gasteiger partial charge in [-0.1, -0.05) is 51.9 Å². The monoisotopic (exact) mass is 349 g/mol. The maximum absolute atomic E-state index is 10.9. The lowest BCUT2D eigenvalue weighted by Gasteiger charge is -2.07. The van der Waals surface area contributed by atoms with E-state index in [0.717, 1.165) is 12.8 Å². The van der Waals surface area contributed by atoms with E-state index in [1.54, 1.807) is 0 Å². The summed E-state index contributed by atoms with van der Waals surface area (Å²) in [4.78, 5) is 23.2. The molecule has 0 saturated carbocycles. The number of nitrogens with zero attached hydrogens (tertiary/aromatic N) is 4. The van der Waals surface area contributed by atoms with Crippen molar-refractivity contribution in [3.63, 3.8) is 0 Å². The second-order valence-corrected chi connectivity index (χ2v) is 6.15. The molecule has 0 radical (unpaired) electrons. The van der Waals surface area contributed by atoms with Crippen LogP contribution in [0.25, 0.3) is 11.2 Å². The second kappa shape index (κ2) is 9.80. The number of aliphatic carboxylic acids is 1. The predicted octanol–water partition coefficient (Wildman–Crippen LogP) is 3.01. The number of hydrogen-bond acceptors (Lipinski definition) is 6. The fourth-order valence-corrected chi connectivity index (χ4v) is 2.70. The van der Waals surface area contributed by atoms with Gasteiger partial charge in [-0.15, -0.1) is 0 Å². The minimum atomic E-state index is -0.974. The number of imidazole rings is 1. The Bertz CT molecular complexity index is 686. The van der Waals surface area contributed by atoms with E-state index in [9.17, 15) is 4.79 Å². The molecular formula is C17H27N5O3. The van der Waals surface area contributed by atoms with Crippen LogP contribution in [0.1, 0.15) is 58.3 Å². The van der Waals surface area contributed by atoms with E-state index < -0.39 is 5.97 Å². The van der Waals surface area contributed by atoms with Gasteiger partial charge in [-0.25, -0.2) is 4.98 Å². The van der Waals surface area contributed by atoms with Crippen molar-refractivity contribution in [1.29, 1.82) is 0 Å². The number of aromatic nitrogens is 4. The number of ether oxygens (including phenoxy) is 1. The molecule has 0 amide bonds. The van der Waals surface area contributed by atoms with E-state index in [1.165, 1.54) is 49.4 Å². The number of carboxylic acid groups (broad SMARTS) is 1. The second-order valence-electron chi connectivity index (χ2n) is 6.15. The Morgan fingerprint density at radius 2 is 1.84 bits per heavy atom. The highest BCUT2D eigenvalue weighted by atomic mass is 16.5. The highest BCUT2D eigenvalue weighted by Gasteiger charge is 2.14. The van der Waals surface area contributed by atoms with Crippen LogP contribution in [0.15, 0.2) is 6.33 Å². The van der Waals surface area contributed by atoms with Crippen LogP contribution in [0.4, 0.5) is 5.95 Å². The molecule has 0 aliphatic heterocycles. The molecule has 25 heavy (non-hydrogen) atoms. The van der Waals surface area contributed by atoms with Gasteiger partial charge >= 0.3 is 5.97 Å². The molecule has 0 aliphatic carbocycles. The number of rotatable bonds is 12. The van der Waals surface area contributed by atoms with Crippen molar-refractivity contribution in [2.45, 2.75) is 64.8 Å². The van der Waals surface area contributed by atoms with Gasteiger partial charge < -0.3 is 20.1 Å². The van der Waals surface area contributed by atoms with Crippen LogP contribution < -0.4 is 10.5 Å². The summed E-state index contributed by atoms with van der Waals surface area (Å²) in [6, 6.07) is 0. The maximum atomic E-state index is 10.9. The van der Waals surface area contributed by atoms with Gasteiger partial charge in [-0.2, -0.15) is 9.97 Å². The zero-order valence-corrected chi connectivity index (χ0v) is 14.8. The number of anilines is 1. The first-order valence-corrected chi connectivity index (χ1v) is 8.94. The number of unbranched alkanes of at least 4 members (excludes halogenated alkanes) is 7. The molecule has 3 N–H and O–H groups in total. The van der Waals surface area contributed by atoms with Gasteiger partial charge in [0, 0.05) is 0 Å². The third-order valence-corrected chi connectivity index (χ3v) is 3.99. The van der Waals surface area contributed by atoms with Crippen LogP contribution in [0.3, 0.4) is 0 Å². The Hall–Kier alpha value is -2.38. The van der Waals surface area contributed by atoms with E-state index in [1.807, 2.05) is 0 Å². The minimum absolute atomic E-state index is 0.0468. The van der Waals surface area contributed by atoms with Gasteiger partial charge in [0.2, 0.25) is 11.8 Å². The topological polar surface area (TPSA) is 116 Å². The lowest BCUT2D eigenvalue weighted by atomic mass is 10.1. The number of nitrogens with two attached hydrogens (primary N) is 1. The fourth-order valence-electron chi connectivity index (χ4n) is 2.70. The molecule has 2 aromatic rings. The molecule has 2 heterocycles. The smallest absolute Gasteiger partial charge is 0.323 e. The quantitative estimate of drug-likeness (QED) is 0.566. The summed E-state index contributed by atoms with van der Waals surface area (Å²) in [5.74, 6) is -0.613. The van der Waals surface area contributed by atoms with Gasteiger partial charge in [0.1, 0.15) is 6.54 Å². The van der Waals surface area contributed by atoms with Crippen molar-refractivity contribution < 1.29 is 14.6 Å². The normalized spacial score (nSPS) is 11.1. The van der Waals surface area contributed by atoms with Crippen molar-refractivity contribution in [2.24, 2.45) is 0 Å². The summed E-state index contributed by atoms with van der Waals surface area (Å²) >= 11 is 0. The largest absolute Gasteiger partial charge is 0.480 e. The standard InChI is InChI=1S/C17H27N5O3/c1-2-3-4-5-6-7-8-9-10-25-16-14-15(20-17(18)21-16)22(12-19-14)11-13(23)24/h12H,2-11H2,1H3,(H,23,24)(H2,18,20,21). The third-order valence-electron chi connectivity index (χ3n) is 3.99. The Kier molecular flexibility index (Phi) is 7.43. The van der Waals surface area contributed by atoms with E-state index in [4.69, 9.17) is 15.6 Å². The molecule has 0 unspecified atom stereocenters. The number of nitrogen functional groups attached to an aromatic ring is 1. The number of fused-ring (bicyclic) bond motifs is 1. The molecule has 0 saturated heterocycles. The summed E-state index contributed by atoms with van der Waals surface area (Å²) < 4.78 is 7.12. The molecule has 2 aromatic heterocycles. The van der Waals surface area contributed by atoms with Crippen LogP contribution in [-0.4, -0.2) is 37.2 Å². The van der Waals surface area contributed by atoms with Gasteiger partial charge in [-0.05, 0) is 6.42 Å². The molecule has 8 heteroatoms. The van der Waals surface area contributed by atoms with Crippen LogP contribution >= 0.6 is 0 Å². The van der Waals surface area contributed by atoms with Gasteiger partial charge in [0.05, 0.1) is 12.9 Å². The van der Waals surface area contributed by atoms with Crippen LogP contribution in [0.2, 0.25) is 0 Å². The molecular weight excluding hydrogens is 322 g/mol. The Balaban J connectivity index is 1.83. The maximum Gasteiger partial charge on any atom is 0.323 e. The first-order chi connectivity index (χ1) is 12.1. The summed E-state index contributed by atoms with van der Waals surface area (Å²) in [5, 5.41) is 8.92. The van der Waals surface area contributed by atoms with Crippen molar-refractivity contribution in [3.8, 4) is 5.88 Å². The summed E-state index contributed by atoms with van der Waals surface area (Å²) in [5.41, 5.74) is 6.52. The molecule has 2 rings (SSSR count). The highest BCUT2D eigenvalue weighted by Crippen LogP contribution is 2.22. The van der Waals surface area contributed by atoms with Crippen LogP contribution in [0, 0.1) is 0 Å². The van der Waals surface area contributed by atoms with Crippen molar-refractivity contribution in [2.75, 3.05) is 12.3 Å². The van der Waals surface area contributed by atoms with Gasteiger partial charge in [0.15, 0.2) is 11.2 Å². The molecule has 138 valence electrons.